The Morgan fingerprint density at radius 1 is 1.22 bits per heavy atom. The first kappa shape index (κ1) is 17.4. The van der Waals surface area contributed by atoms with Crippen LogP contribution in [0.5, 0.6) is 5.75 Å². The van der Waals surface area contributed by atoms with Gasteiger partial charge in [0.15, 0.2) is 0 Å². The van der Waals surface area contributed by atoms with Gasteiger partial charge < -0.3 is 18.3 Å². The molecule has 0 saturated carbocycles. The lowest BCUT2D eigenvalue weighted by Crippen LogP contribution is -2.07. The number of rotatable bonds is 5. The monoisotopic (exact) mass is 368 g/mol. The number of hydrogen-bond donors (Lipinski definition) is 0. The van der Waals surface area contributed by atoms with Crippen LogP contribution in [0.2, 0.25) is 0 Å². The fraction of sp³-hybridized carbons (Fsp3) is 0.333. The van der Waals surface area contributed by atoms with Gasteiger partial charge in [0.05, 0.1) is 23.0 Å². The van der Waals surface area contributed by atoms with E-state index < -0.39 is 5.63 Å². The molecule has 1 aliphatic rings. The first-order valence-electron chi connectivity index (χ1n) is 8.94. The molecule has 3 heterocycles. The summed E-state index contributed by atoms with van der Waals surface area (Å²) in [6, 6.07) is 6.58. The van der Waals surface area contributed by atoms with Crippen LogP contribution in [0.15, 0.2) is 55.8 Å². The number of carbonyl (C=O) groups is 1. The van der Waals surface area contributed by atoms with E-state index in [1.165, 1.54) is 6.07 Å². The smallest absolute Gasteiger partial charge is 0.336 e. The van der Waals surface area contributed by atoms with Crippen LogP contribution in [0, 0.1) is 5.92 Å². The first-order valence-corrected chi connectivity index (χ1v) is 8.94. The Labute approximate surface area is 155 Å². The van der Waals surface area contributed by atoms with E-state index in [0.717, 1.165) is 17.4 Å². The highest BCUT2D eigenvalue weighted by Gasteiger charge is 2.30. The van der Waals surface area contributed by atoms with Crippen molar-refractivity contribution in [3.8, 4) is 5.75 Å². The molecule has 1 aliphatic heterocycles. The zero-order chi connectivity index (χ0) is 19.0. The summed E-state index contributed by atoms with van der Waals surface area (Å²) in [5, 5.41) is 1.54. The van der Waals surface area contributed by atoms with Gasteiger partial charge in [0.2, 0.25) is 0 Å². The molecule has 0 unspecified atom stereocenters. The lowest BCUT2D eigenvalue weighted by molar-refractivity contribution is -0.143. The van der Waals surface area contributed by atoms with Crippen LogP contribution in [0.1, 0.15) is 26.7 Å². The molecule has 2 atom stereocenters. The third-order valence-electron chi connectivity index (χ3n) is 4.82. The molecule has 0 aliphatic carbocycles. The summed E-state index contributed by atoms with van der Waals surface area (Å²) in [7, 11) is 0. The van der Waals surface area contributed by atoms with Crippen LogP contribution in [-0.4, -0.2) is 18.7 Å². The number of cyclic esters (lactones) is 1. The number of ether oxygens (including phenoxy) is 2. The molecule has 1 aromatic carbocycles. The molecule has 0 spiro atoms. The predicted molar refractivity (Wildman–Crippen MR) is 99.8 cm³/mol. The molecule has 1 saturated heterocycles. The average Bonchev–Trinajstić information content (AvgIpc) is 3.20. The Balaban J connectivity index is 1.53. The molecule has 0 N–H and O–H groups in total. The minimum Gasteiger partial charge on any atom is -0.488 e. The van der Waals surface area contributed by atoms with Crippen LogP contribution >= 0.6 is 0 Å². The van der Waals surface area contributed by atoms with Gasteiger partial charge in [-0.3, -0.25) is 4.79 Å². The van der Waals surface area contributed by atoms with Gasteiger partial charge in [-0.25, -0.2) is 4.79 Å². The highest BCUT2D eigenvalue weighted by molar-refractivity contribution is 6.01. The highest BCUT2D eigenvalue weighted by Crippen LogP contribution is 2.35. The van der Waals surface area contributed by atoms with E-state index >= 15 is 0 Å². The summed E-state index contributed by atoms with van der Waals surface area (Å²) in [4.78, 5) is 23.0. The van der Waals surface area contributed by atoms with E-state index in [1.807, 2.05) is 26.0 Å². The maximum atomic E-state index is 11.5. The molecular weight excluding hydrogens is 348 g/mol. The third-order valence-corrected chi connectivity index (χ3v) is 4.82. The molecule has 2 aromatic heterocycles. The van der Waals surface area contributed by atoms with Crippen LogP contribution < -0.4 is 10.4 Å². The first-order chi connectivity index (χ1) is 13.0. The SMILES string of the molecule is C/C(=C\COc1c2ccoc2cc2oc(=O)ccc12)C[C@@H]1C[C@@H](C)C(=O)O1. The van der Waals surface area contributed by atoms with Crippen molar-refractivity contribution in [2.24, 2.45) is 5.92 Å². The van der Waals surface area contributed by atoms with E-state index in [2.05, 4.69) is 0 Å². The lowest BCUT2D eigenvalue weighted by atomic mass is 10.0. The Hall–Kier alpha value is -3.02. The summed E-state index contributed by atoms with van der Waals surface area (Å²) in [5.74, 6) is 0.465. The van der Waals surface area contributed by atoms with Gasteiger partial charge in [0.1, 0.15) is 29.6 Å². The van der Waals surface area contributed by atoms with Gasteiger partial charge in [-0.05, 0) is 31.6 Å². The number of benzene rings is 1. The van der Waals surface area contributed by atoms with Crippen LogP contribution in [0.25, 0.3) is 21.9 Å². The molecule has 6 heteroatoms. The zero-order valence-electron chi connectivity index (χ0n) is 15.2. The second kappa shape index (κ2) is 6.95. The molecular formula is C21H20O6. The Bertz CT molecular complexity index is 1090. The second-order valence-corrected chi connectivity index (χ2v) is 6.97. The van der Waals surface area contributed by atoms with Crippen LogP contribution in [0.4, 0.5) is 0 Å². The van der Waals surface area contributed by atoms with Crippen molar-refractivity contribution in [2.75, 3.05) is 6.61 Å². The molecule has 4 rings (SSSR count). The fourth-order valence-electron chi connectivity index (χ4n) is 3.42. The van der Waals surface area contributed by atoms with Gasteiger partial charge >= 0.3 is 11.6 Å². The van der Waals surface area contributed by atoms with Gasteiger partial charge in [-0.2, -0.15) is 0 Å². The van der Waals surface area contributed by atoms with Crippen molar-refractivity contribution in [2.45, 2.75) is 32.8 Å². The molecule has 27 heavy (non-hydrogen) atoms. The van der Waals surface area contributed by atoms with Crippen molar-refractivity contribution in [1.82, 2.24) is 0 Å². The minimum atomic E-state index is -0.421. The van der Waals surface area contributed by atoms with E-state index in [4.69, 9.17) is 18.3 Å². The number of carbonyl (C=O) groups excluding carboxylic acids is 1. The number of fused-ring (bicyclic) bond motifs is 2. The molecule has 3 aromatic rings. The van der Waals surface area contributed by atoms with Crippen LogP contribution in [0.3, 0.4) is 0 Å². The van der Waals surface area contributed by atoms with Gasteiger partial charge in [0, 0.05) is 18.6 Å². The van der Waals surface area contributed by atoms with Gasteiger partial charge in [-0.1, -0.05) is 12.5 Å². The Kier molecular flexibility index (Phi) is 4.48. The van der Waals surface area contributed by atoms with Crippen molar-refractivity contribution >= 4 is 27.9 Å². The highest BCUT2D eigenvalue weighted by atomic mass is 16.6. The molecule has 6 nitrogen and oxygen atoms in total. The van der Waals surface area contributed by atoms with Crippen molar-refractivity contribution < 1.29 is 23.1 Å². The molecule has 0 bridgehead atoms. The van der Waals surface area contributed by atoms with Crippen LogP contribution in [-0.2, 0) is 9.53 Å². The quantitative estimate of drug-likeness (QED) is 0.381. The maximum absolute atomic E-state index is 11.5. The largest absolute Gasteiger partial charge is 0.488 e. The third kappa shape index (κ3) is 3.47. The van der Waals surface area contributed by atoms with E-state index in [0.29, 0.717) is 35.3 Å². The molecule has 0 radical (unpaired) electrons. The number of esters is 1. The standard InChI is InChI=1S/C21H20O6/c1-12(9-14-10-13(2)21(23)26-14)5-7-25-20-15-3-4-19(22)27-18(15)11-17-16(20)6-8-24-17/h3-6,8,11,13-14H,7,9-10H2,1-2H3/b12-5+/t13-,14-/m1/s1. The molecule has 140 valence electrons. The average molecular weight is 368 g/mol. The number of furan rings is 1. The molecule has 1 fully saturated rings. The Morgan fingerprint density at radius 2 is 2.04 bits per heavy atom. The summed E-state index contributed by atoms with van der Waals surface area (Å²) in [5.41, 5.74) is 1.69. The predicted octanol–water partition coefficient (Wildman–Crippen LogP) is 4.21. The molecule has 0 amide bonds. The number of hydrogen-bond acceptors (Lipinski definition) is 6. The summed E-state index contributed by atoms with van der Waals surface area (Å²) < 4.78 is 22.0. The second-order valence-electron chi connectivity index (χ2n) is 6.97. The summed E-state index contributed by atoms with van der Waals surface area (Å²) in [6.07, 6.45) is 4.94. The maximum Gasteiger partial charge on any atom is 0.336 e. The van der Waals surface area contributed by atoms with E-state index in [1.54, 1.807) is 18.4 Å². The van der Waals surface area contributed by atoms with E-state index in [9.17, 15) is 9.59 Å². The van der Waals surface area contributed by atoms with E-state index in [-0.39, 0.29) is 18.0 Å². The van der Waals surface area contributed by atoms with Gasteiger partial charge in [0.25, 0.3) is 0 Å². The minimum absolute atomic E-state index is 0.0289. The summed E-state index contributed by atoms with van der Waals surface area (Å²) >= 11 is 0. The fourth-order valence-corrected chi connectivity index (χ4v) is 3.42. The van der Waals surface area contributed by atoms with Crippen molar-refractivity contribution in [3.05, 3.63) is 52.6 Å². The normalized spacial score (nSPS) is 20.4. The van der Waals surface area contributed by atoms with Crippen molar-refractivity contribution in [3.63, 3.8) is 0 Å². The Morgan fingerprint density at radius 3 is 2.81 bits per heavy atom. The topological polar surface area (TPSA) is 78.9 Å². The van der Waals surface area contributed by atoms with Crippen molar-refractivity contribution in [1.29, 1.82) is 0 Å². The van der Waals surface area contributed by atoms with Gasteiger partial charge in [-0.15, -0.1) is 0 Å². The lowest BCUT2D eigenvalue weighted by Gasteiger charge is -2.11. The summed E-state index contributed by atoms with van der Waals surface area (Å²) in [6.45, 7) is 4.23. The zero-order valence-corrected chi connectivity index (χ0v) is 15.2.